The summed E-state index contributed by atoms with van der Waals surface area (Å²) >= 11 is 0. The van der Waals surface area contributed by atoms with Gasteiger partial charge in [0.2, 0.25) is 0 Å². The summed E-state index contributed by atoms with van der Waals surface area (Å²) in [6, 6.07) is 0. The maximum Gasteiger partial charge on any atom is 0.491 e. The number of nitrogens with two attached hydrogens (primary N) is 1. The number of carbonyl (C=O) groups excluding carboxylic acids is 2. The zero-order valence-electron chi connectivity index (χ0n) is 9.87. The van der Waals surface area contributed by atoms with Gasteiger partial charge in [-0.2, -0.15) is 13.2 Å². The van der Waals surface area contributed by atoms with E-state index >= 15 is 0 Å². The number of hydrogen-bond acceptors (Lipinski definition) is 5. The van der Waals surface area contributed by atoms with Crippen LogP contribution < -0.4 is 5.73 Å². The number of ether oxygens (including phenoxy) is 2. The van der Waals surface area contributed by atoms with Crippen molar-refractivity contribution in [2.45, 2.75) is 18.1 Å². The van der Waals surface area contributed by atoms with Crippen LogP contribution in [0, 0.1) is 0 Å². The lowest BCUT2D eigenvalue weighted by molar-refractivity contribution is -0.220. The highest BCUT2D eigenvalue weighted by molar-refractivity contribution is 5.89. The molecule has 0 bridgehead atoms. The molecular weight excluding hydrogens is 276 g/mol. The molecule has 1 heterocycles. The lowest BCUT2D eigenvalue weighted by Crippen LogP contribution is -2.66. The van der Waals surface area contributed by atoms with Gasteiger partial charge in [-0.1, -0.05) is 0 Å². The van der Waals surface area contributed by atoms with E-state index in [-0.39, 0.29) is 13.1 Å². The molecule has 110 valence electrons. The van der Waals surface area contributed by atoms with Crippen LogP contribution in [0.2, 0.25) is 0 Å². The Morgan fingerprint density at radius 2 is 1.89 bits per heavy atom. The Bertz CT molecular complexity index is 370. The van der Waals surface area contributed by atoms with Gasteiger partial charge in [0.1, 0.15) is 12.8 Å². The largest absolute Gasteiger partial charge is 0.491 e. The van der Waals surface area contributed by atoms with Crippen LogP contribution in [-0.2, 0) is 19.1 Å². The number of halogens is 4. The normalized spacial score (nSPS) is 19.6. The Morgan fingerprint density at radius 1 is 1.37 bits per heavy atom. The number of likely N-dealkylation sites (tertiary alicyclic amines) is 1. The van der Waals surface area contributed by atoms with Crippen molar-refractivity contribution in [1.82, 2.24) is 4.90 Å². The second kappa shape index (κ2) is 5.29. The van der Waals surface area contributed by atoms with Crippen LogP contribution in [0.5, 0.6) is 0 Å². The van der Waals surface area contributed by atoms with Crippen LogP contribution >= 0.6 is 0 Å². The molecule has 1 aliphatic heterocycles. The van der Waals surface area contributed by atoms with Crippen molar-refractivity contribution in [3.63, 3.8) is 0 Å². The first-order valence-electron chi connectivity index (χ1n) is 5.11. The number of rotatable bonds is 4. The fraction of sp³-hybridized carbons (Fsp3) is 0.778. The van der Waals surface area contributed by atoms with Gasteiger partial charge in [-0.15, -0.1) is 0 Å². The molecule has 0 spiro atoms. The number of methoxy groups -OCH3 is 1. The van der Waals surface area contributed by atoms with E-state index in [4.69, 9.17) is 5.73 Å². The van der Waals surface area contributed by atoms with E-state index in [9.17, 15) is 27.2 Å². The predicted octanol–water partition coefficient (Wildman–Crippen LogP) is -0.426. The molecule has 0 unspecified atom stereocenters. The Morgan fingerprint density at radius 3 is 2.26 bits per heavy atom. The van der Waals surface area contributed by atoms with Gasteiger partial charge in [-0.3, -0.25) is 10.5 Å². The molecule has 0 aromatic heterocycles. The Balaban J connectivity index is 2.79. The van der Waals surface area contributed by atoms with Gasteiger partial charge in [-0.25, -0.2) is 9.18 Å². The fourth-order valence-electron chi connectivity index (χ4n) is 1.43. The number of nitrogens with zero attached hydrogens (tertiary/aromatic N) is 1. The Labute approximate surface area is 105 Å². The van der Waals surface area contributed by atoms with Crippen LogP contribution in [0.15, 0.2) is 0 Å². The second-order valence-electron chi connectivity index (χ2n) is 4.02. The zero-order valence-corrected chi connectivity index (χ0v) is 9.87. The maximum absolute atomic E-state index is 12.6. The molecule has 1 atom stereocenters. The summed E-state index contributed by atoms with van der Waals surface area (Å²) in [6.45, 7) is -1.41. The zero-order chi connectivity index (χ0) is 14.8. The molecule has 1 amide bonds. The minimum absolute atomic E-state index is 0.314. The third-order valence-electron chi connectivity index (χ3n) is 2.35. The van der Waals surface area contributed by atoms with Crippen LogP contribution in [0.4, 0.5) is 17.6 Å². The first kappa shape index (κ1) is 15.6. The monoisotopic (exact) mass is 288 g/mol. The third kappa shape index (κ3) is 3.53. The van der Waals surface area contributed by atoms with Gasteiger partial charge in [-0.05, 0) is 0 Å². The molecule has 1 rings (SSSR count). The summed E-state index contributed by atoms with van der Waals surface area (Å²) in [4.78, 5) is 23.3. The van der Waals surface area contributed by atoms with Crippen LogP contribution in [0.25, 0.3) is 0 Å². The number of esters is 1. The van der Waals surface area contributed by atoms with Gasteiger partial charge in [0.05, 0.1) is 13.1 Å². The van der Waals surface area contributed by atoms with Crippen LogP contribution in [0.1, 0.15) is 0 Å². The number of alkyl halides is 4. The summed E-state index contributed by atoms with van der Waals surface area (Å²) in [7, 11) is 1.06. The molecule has 0 aliphatic carbocycles. The fourth-order valence-corrected chi connectivity index (χ4v) is 1.43. The SMILES string of the molecule is COC[C@@](N)(OC(=O)C(F)(F)F)C(=O)N1CC(F)C1. The summed E-state index contributed by atoms with van der Waals surface area (Å²) in [5.41, 5.74) is 2.70. The van der Waals surface area contributed by atoms with Gasteiger partial charge >= 0.3 is 12.1 Å². The Hall–Kier alpha value is -1.42. The van der Waals surface area contributed by atoms with Crippen molar-refractivity contribution in [3.05, 3.63) is 0 Å². The van der Waals surface area contributed by atoms with Gasteiger partial charge in [0.15, 0.2) is 0 Å². The van der Waals surface area contributed by atoms with Crippen molar-refractivity contribution < 1.29 is 36.6 Å². The molecule has 1 fully saturated rings. The topological polar surface area (TPSA) is 81.9 Å². The molecular formula is C9H12F4N2O4. The Kier molecular flexibility index (Phi) is 4.35. The lowest BCUT2D eigenvalue weighted by Gasteiger charge is -2.39. The molecule has 1 saturated heterocycles. The molecule has 0 aromatic carbocycles. The van der Waals surface area contributed by atoms with E-state index in [0.717, 1.165) is 12.0 Å². The van der Waals surface area contributed by atoms with Crippen molar-refractivity contribution in [3.8, 4) is 0 Å². The van der Waals surface area contributed by atoms with Crippen LogP contribution in [0.3, 0.4) is 0 Å². The first-order valence-corrected chi connectivity index (χ1v) is 5.11. The predicted molar refractivity (Wildman–Crippen MR) is 52.4 cm³/mol. The minimum Gasteiger partial charge on any atom is -0.425 e. The third-order valence-corrected chi connectivity index (χ3v) is 2.35. The number of carbonyl (C=O) groups is 2. The standard InChI is InChI=1S/C9H12F4N2O4/c1-18-4-8(14,19-7(17)9(11,12)13)6(16)15-2-5(10)3-15/h5H,2-4,14H2,1H3/t8-/m1/s1. The van der Waals surface area contributed by atoms with Crippen molar-refractivity contribution in [2.75, 3.05) is 26.8 Å². The molecule has 1 aliphatic rings. The van der Waals surface area contributed by atoms with Crippen molar-refractivity contribution >= 4 is 11.9 Å². The molecule has 10 heteroatoms. The van der Waals surface area contributed by atoms with E-state index in [1.54, 1.807) is 0 Å². The smallest absolute Gasteiger partial charge is 0.425 e. The molecule has 0 aromatic rings. The number of amides is 1. The van der Waals surface area contributed by atoms with E-state index < -0.39 is 36.6 Å². The minimum atomic E-state index is -5.30. The van der Waals surface area contributed by atoms with Gasteiger partial charge in [0, 0.05) is 7.11 Å². The summed E-state index contributed by atoms with van der Waals surface area (Å²) in [5.74, 6) is -3.75. The molecule has 2 N–H and O–H groups in total. The highest BCUT2D eigenvalue weighted by Crippen LogP contribution is 2.23. The molecule has 0 saturated carbocycles. The highest BCUT2D eigenvalue weighted by atomic mass is 19.4. The quantitative estimate of drug-likeness (QED) is 0.431. The van der Waals surface area contributed by atoms with E-state index in [2.05, 4.69) is 9.47 Å². The molecule has 6 nitrogen and oxygen atoms in total. The van der Waals surface area contributed by atoms with E-state index in [1.807, 2.05) is 0 Å². The lowest BCUT2D eigenvalue weighted by atomic mass is 10.1. The summed E-state index contributed by atoms with van der Waals surface area (Å²) in [6.07, 6.45) is -6.56. The van der Waals surface area contributed by atoms with Crippen molar-refractivity contribution in [2.24, 2.45) is 5.73 Å². The van der Waals surface area contributed by atoms with E-state index in [1.165, 1.54) is 0 Å². The summed E-state index contributed by atoms with van der Waals surface area (Å²) < 4.78 is 57.3. The average molecular weight is 288 g/mol. The molecule has 19 heavy (non-hydrogen) atoms. The number of hydrogen-bond donors (Lipinski definition) is 1. The summed E-state index contributed by atoms with van der Waals surface area (Å²) in [5, 5.41) is 0. The maximum atomic E-state index is 12.6. The van der Waals surface area contributed by atoms with E-state index in [0.29, 0.717) is 0 Å². The highest BCUT2D eigenvalue weighted by Gasteiger charge is 2.51. The second-order valence-corrected chi connectivity index (χ2v) is 4.02. The first-order chi connectivity index (χ1) is 8.60. The van der Waals surface area contributed by atoms with Gasteiger partial charge in [0.25, 0.3) is 11.6 Å². The average Bonchev–Trinajstić information content (AvgIpc) is 2.22. The van der Waals surface area contributed by atoms with Crippen molar-refractivity contribution in [1.29, 1.82) is 0 Å². The van der Waals surface area contributed by atoms with Crippen LogP contribution in [-0.4, -0.2) is 61.7 Å². The molecule has 0 radical (unpaired) electrons. The van der Waals surface area contributed by atoms with Gasteiger partial charge < -0.3 is 14.4 Å².